The van der Waals surface area contributed by atoms with Crippen molar-refractivity contribution in [2.24, 2.45) is 0 Å². The molecule has 150 valence electrons. The minimum Gasteiger partial charge on any atom is -0.357 e. The Morgan fingerprint density at radius 3 is 2.37 bits per heavy atom. The van der Waals surface area contributed by atoms with Crippen molar-refractivity contribution in [3.63, 3.8) is 0 Å². The summed E-state index contributed by atoms with van der Waals surface area (Å²) in [6.07, 6.45) is 3.95. The van der Waals surface area contributed by atoms with E-state index in [9.17, 15) is 14.0 Å². The number of carbonyl (C=O) groups is 2. The van der Waals surface area contributed by atoms with Crippen LogP contribution in [0.15, 0.2) is 79.1 Å². The molecule has 1 aromatic heterocycles. The van der Waals surface area contributed by atoms with Crippen molar-refractivity contribution in [2.45, 2.75) is 19.0 Å². The van der Waals surface area contributed by atoms with Crippen molar-refractivity contribution >= 4 is 23.6 Å². The zero-order valence-electron chi connectivity index (χ0n) is 16.2. The largest absolute Gasteiger partial charge is 0.357 e. The van der Waals surface area contributed by atoms with Crippen LogP contribution in [-0.4, -0.2) is 28.2 Å². The maximum absolute atomic E-state index is 13.4. The van der Waals surface area contributed by atoms with Crippen molar-refractivity contribution in [1.82, 2.24) is 15.2 Å². The monoisotopic (exact) mass is 401 g/mol. The number of rotatable bonds is 6. The van der Waals surface area contributed by atoms with Gasteiger partial charge in [0.05, 0.1) is 11.4 Å². The highest BCUT2D eigenvalue weighted by atomic mass is 19.1. The van der Waals surface area contributed by atoms with Gasteiger partial charge in [-0.05, 0) is 48.4 Å². The smallest absolute Gasteiger partial charge is 0.229 e. The topological polar surface area (TPSA) is 62.3 Å². The van der Waals surface area contributed by atoms with Crippen molar-refractivity contribution < 1.29 is 14.0 Å². The van der Waals surface area contributed by atoms with Crippen molar-refractivity contribution in [2.75, 3.05) is 0 Å². The van der Waals surface area contributed by atoms with Gasteiger partial charge in [0, 0.05) is 29.9 Å². The summed E-state index contributed by atoms with van der Waals surface area (Å²) in [5.41, 5.74) is 3.67. The molecule has 0 fully saturated rings. The van der Waals surface area contributed by atoms with Crippen LogP contribution in [0.4, 0.5) is 4.39 Å². The molecule has 0 radical (unpaired) electrons. The quantitative estimate of drug-likeness (QED) is 0.641. The van der Waals surface area contributed by atoms with Crippen LogP contribution in [0, 0.1) is 5.82 Å². The lowest BCUT2D eigenvalue weighted by molar-refractivity contribution is -0.132. The summed E-state index contributed by atoms with van der Waals surface area (Å²) in [7, 11) is 0. The Bertz CT molecular complexity index is 1070. The molecule has 4 rings (SSSR count). The van der Waals surface area contributed by atoms with Gasteiger partial charge in [0.25, 0.3) is 0 Å². The molecule has 1 amide bonds. The SMILES string of the molecule is O=CC1NC(c2ccc(F)cc2)=C(c2ccncc2)N1C(=O)CCc1ccccc1. The van der Waals surface area contributed by atoms with E-state index in [0.29, 0.717) is 29.7 Å². The molecular formula is C24H20FN3O2. The molecule has 0 aliphatic carbocycles. The maximum atomic E-state index is 13.4. The maximum Gasteiger partial charge on any atom is 0.229 e. The highest BCUT2D eigenvalue weighted by Gasteiger charge is 2.36. The zero-order chi connectivity index (χ0) is 20.9. The molecule has 2 aromatic carbocycles. The van der Waals surface area contributed by atoms with Gasteiger partial charge in [-0.15, -0.1) is 0 Å². The second kappa shape index (κ2) is 8.69. The number of amides is 1. The highest BCUT2D eigenvalue weighted by Crippen LogP contribution is 2.34. The van der Waals surface area contributed by atoms with Gasteiger partial charge < -0.3 is 5.32 Å². The second-order valence-electron chi connectivity index (χ2n) is 6.94. The number of aromatic nitrogens is 1. The Kier molecular flexibility index (Phi) is 5.66. The van der Waals surface area contributed by atoms with E-state index in [2.05, 4.69) is 10.3 Å². The fraction of sp³-hybridized carbons (Fsp3) is 0.125. The van der Waals surface area contributed by atoms with E-state index in [1.165, 1.54) is 17.0 Å². The average molecular weight is 401 g/mol. The third-order valence-electron chi connectivity index (χ3n) is 5.00. The first-order chi connectivity index (χ1) is 14.7. The van der Waals surface area contributed by atoms with E-state index in [0.717, 1.165) is 11.1 Å². The molecule has 3 aromatic rings. The number of benzene rings is 2. The molecule has 2 heterocycles. The third kappa shape index (κ3) is 3.98. The number of carbonyl (C=O) groups excluding carboxylic acids is 2. The molecule has 0 saturated carbocycles. The summed E-state index contributed by atoms with van der Waals surface area (Å²) in [5.74, 6) is -0.530. The van der Waals surface area contributed by atoms with Crippen LogP contribution in [0.1, 0.15) is 23.1 Å². The van der Waals surface area contributed by atoms with E-state index >= 15 is 0 Å². The number of pyridine rings is 1. The first-order valence-corrected chi connectivity index (χ1v) is 9.66. The number of hydrogen-bond donors (Lipinski definition) is 1. The van der Waals surface area contributed by atoms with Gasteiger partial charge in [-0.3, -0.25) is 19.5 Å². The molecule has 30 heavy (non-hydrogen) atoms. The second-order valence-corrected chi connectivity index (χ2v) is 6.94. The number of nitrogens with one attached hydrogen (secondary N) is 1. The van der Waals surface area contributed by atoms with E-state index < -0.39 is 6.17 Å². The normalized spacial score (nSPS) is 15.8. The lowest BCUT2D eigenvalue weighted by Gasteiger charge is -2.24. The number of hydrogen-bond acceptors (Lipinski definition) is 4. The van der Waals surface area contributed by atoms with Crippen LogP contribution in [0.5, 0.6) is 0 Å². The molecule has 5 nitrogen and oxygen atoms in total. The average Bonchev–Trinajstić information content (AvgIpc) is 3.19. The molecule has 0 spiro atoms. The Hall–Kier alpha value is -3.80. The Morgan fingerprint density at radius 2 is 1.70 bits per heavy atom. The molecule has 1 atom stereocenters. The van der Waals surface area contributed by atoms with E-state index in [1.807, 2.05) is 30.3 Å². The van der Waals surface area contributed by atoms with Gasteiger partial charge in [0.15, 0.2) is 12.5 Å². The molecule has 0 saturated heterocycles. The first kappa shape index (κ1) is 19.5. The molecule has 1 aliphatic heterocycles. The number of aryl methyl sites for hydroxylation is 1. The summed E-state index contributed by atoms with van der Waals surface area (Å²) in [6.45, 7) is 0. The van der Waals surface area contributed by atoms with Gasteiger partial charge in [-0.1, -0.05) is 30.3 Å². The van der Waals surface area contributed by atoms with Gasteiger partial charge in [-0.2, -0.15) is 0 Å². The van der Waals surface area contributed by atoms with Crippen LogP contribution in [0.2, 0.25) is 0 Å². The molecule has 0 bridgehead atoms. The predicted molar refractivity (Wildman–Crippen MR) is 112 cm³/mol. The summed E-state index contributed by atoms with van der Waals surface area (Å²) < 4.78 is 13.4. The fourth-order valence-corrected chi connectivity index (χ4v) is 3.56. The summed E-state index contributed by atoms with van der Waals surface area (Å²) in [6, 6.07) is 19.2. The predicted octanol–water partition coefficient (Wildman–Crippen LogP) is 3.64. The number of nitrogens with zero attached hydrogens (tertiary/aromatic N) is 2. The molecule has 1 unspecified atom stereocenters. The lowest BCUT2D eigenvalue weighted by atomic mass is 10.0. The molecule has 1 aliphatic rings. The van der Waals surface area contributed by atoms with E-state index in [-0.39, 0.29) is 18.1 Å². The Balaban J connectivity index is 1.72. The number of aldehydes is 1. The summed E-state index contributed by atoms with van der Waals surface area (Å²) in [5, 5.41) is 3.13. The third-order valence-corrected chi connectivity index (χ3v) is 5.00. The van der Waals surface area contributed by atoms with Crippen LogP contribution >= 0.6 is 0 Å². The summed E-state index contributed by atoms with van der Waals surface area (Å²) >= 11 is 0. The van der Waals surface area contributed by atoms with Gasteiger partial charge >= 0.3 is 0 Å². The van der Waals surface area contributed by atoms with Gasteiger partial charge in [0.2, 0.25) is 5.91 Å². The Morgan fingerprint density at radius 1 is 1.00 bits per heavy atom. The van der Waals surface area contributed by atoms with E-state index in [1.54, 1.807) is 36.7 Å². The first-order valence-electron chi connectivity index (χ1n) is 9.66. The Labute approximate surface area is 173 Å². The van der Waals surface area contributed by atoms with Crippen molar-refractivity contribution in [3.05, 3.63) is 102 Å². The lowest BCUT2D eigenvalue weighted by Crippen LogP contribution is -2.42. The van der Waals surface area contributed by atoms with Gasteiger partial charge in [-0.25, -0.2) is 4.39 Å². The number of halogens is 1. The molecule has 6 heteroatoms. The zero-order valence-corrected chi connectivity index (χ0v) is 16.2. The molecular weight excluding hydrogens is 381 g/mol. The van der Waals surface area contributed by atoms with E-state index in [4.69, 9.17) is 0 Å². The van der Waals surface area contributed by atoms with Gasteiger partial charge in [0.1, 0.15) is 5.82 Å². The van der Waals surface area contributed by atoms with Crippen molar-refractivity contribution in [1.29, 1.82) is 0 Å². The fourth-order valence-electron chi connectivity index (χ4n) is 3.56. The van der Waals surface area contributed by atoms with Crippen molar-refractivity contribution in [3.8, 4) is 0 Å². The van der Waals surface area contributed by atoms with Crippen LogP contribution in [0.3, 0.4) is 0 Å². The van der Waals surface area contributed by atoms with Crippen LogP contribution in [-0.2, 0) is 16.0 Å². The summed E-state index contributed by atoms with van der Waals surface area (Å²) in [4.78, 5) is 30.6. The minimum atomic E-state index is -0.837. The standard InChI is InChI=1S/C24H20FN3O2/c25-20-9-7-18(8-10-20)23-24(19-12-14-26-15-13-19)28(21(16-29)27-23)22(30)11-6-17-4-2-1-3-5-17/h1-5,7-10,12-16,21,27H,6,11H2. The minimum absolute atomic E-state index is 0.174. The molecule has 1 N–H and O–H groups in total. The van der Waals surface area contributed by atoms with Crippen LogP contribution < -0.4 is 5.32 Å². The highest BCUT2D eigenvalue weighted by molar-refractivity contribution is 6.02. The van der Waals surface area contributed by atoms with Crippen LogP contribution in [0.25, 0.3) is 11.4 Å².